The summed E-state index contributed by atoms with van der Waals surface area (Å²) in [4.78, 5) is 3.40. The average Bonchev–Trinajstić information content (AvgIpc) is 2.67. The lowest BCUT2D eigenvalue weighted by Gasteiger charge is -2.19. The SMILES string of the molecule is CC(C)Cc1cc2cc(C(C)(C)C)cc(C#N)c2[nH]1. The monoisotopic (exact) mass is 254 g/mol. The van der Waals surface area contributed by atoms with Crippen molar-refractivity contribution in [1.29, 1.82) is 5.26 Å². The number of hydrogen-bond acceptors (Lipinski definition) is 1. The van der Waals surface area contributed by atoms with E-state index in [0.717, 1.165) is 22.9 Å². The first-order valence-electron chi connectivity index (χ1n) is 6.87. The molecular formula is C17H22N2. The van der Waals surface area contributed by atoms with Crippen LogP contribution < -0.4 is 0 Å². The van der Waals surface area contributed by atoms with E-state index in [2.05, 4.69) is 57.8 Å². The Morgan fingerprint density at radius 1 is 1.21 bits per heavy atom. The molecule has 2 rings (SSSR count). The second-order valence-corrected chi connectivity index (χ2v) is 6.74. The molecule has 2 heteroatoms. The van der Waals surface area contributed by atoms with Gasteiger partial charge in [-0.25, -0.2) is 0 Å². The standard InChI is InChI=1S/C17H22N2/c1-11(2)6-15-9-12-7-14(17(3,4)5)8-13(10-18)16(12)19-15/h7-9,11,19H,6H2,1-5H3. The maximum atomic E-state index is 9.35. The Labute approximate surface area is 115 Å². The van der Waals surface area contributed by atoms with Crippen LogP contribution in [0.5, 0.6) is 0 Å². The van der Waals surface area contributed by atoms with E-state index >= 15 is 0 Å². The molecule has 0 atom stereocenters. The van der Waals surface area contributed by atoms with Crippen molar-refractivity contribution in [3.63, 3.8) is 0 Å². The van der Waals surface area contributed by atoms with Crippen LogP contribution in [-0.4, -0.2) is 4.98 Å². The summed E-state index contributed by atoms with van der Waals surface area (Å²) < 4.78 is 0. The summed E-state index contributed by atoms with van der Waals surface area (Å²) in [6, 6.07) is 8.72. The van der Waals surface area contributed by atoms with Crippen molar-refractivity contribution in [3.05, 3.63) is 35.0 Å². The van der Waals surface area contributed by atoms with Crippen LogP contribution >= 0.6 is 0 Å². The first kappa shape index (κ1) is 13.7. The molecular weight excluding hydrogens is 232 g/mol. The number of nitrogens with zero attached hydrogens (tertiary/aromatic N) is 1. The largest absolute Gasteiger partial charge is 0.357 e. The number of aromatic nitrogens is 1. The molecule has 0 radical (unpaired) electrons. The molecule has 0 bridgehead atoms. The van der Waals surface area contributed by atoms with E-state index in [-0.39, 0.29) is 5.41 Å². The number of nitriles is 1. The molecule has 0 saturated carbocycles. The van der Waals surface area contributed by atoms with Gasteiger partial charge in [0.2, 0.25) is 0 Å². The van der Waals surface area contributed by atoms with Gasteiger partial charge < -0.3 is 4.98 Å². The van der Waals surface area contributed by atoms with Crippen LogP contribution in [0.2, 0.25) is 0 Å². The molecule has 0 spiro atoms. The molecule has 0 fully saturated rings. The Morgan fingerprint density at radius 3 is 2.42 bits per heavy atom. The van der Waals surface area contributed by atoms with Crippen LogP contribution in [0.1, 0.15) is 51.4 Å². The van der Waals surface area contributed by atoms with Crippen LogP contribution in [0.4, 0.5) is 0 Å². The zero-order chi connectivity index (χ0) is 14.2. The maximum Gasteiger partial charge on any atom is 0.101 e. The Morgan fingerprint density at radius 2 is 1.89 bits per heavy atom. The maximum absolute atomic E-state index is 9.35. The zero-order valence-electron chi connectivity index (χ0n) is 12.5. The highest BCUT2D eigenvalue weighted by molar-refractivity contribution is 5.86. The van der Waals surface area contributed by atoms with Crippen LogP contribution in [0, 0.1) is 17.2 Å². The van der Waals surface area contributed by atoms with Crippen molar-refractivity contribution < 1.29 is 0 Å². The van der Waals surface area contributed by atoms with Crippen molar-refractivity contribution in [3.8, 4) is 6.07 Å². The molecule has 1 aromatic carbocycles. The molecule has 1 N–H and O–H groups in total. The summed E-state index contributed by atoms with van der Waals surface area (Å²) in [7, 11) is 0. The molecule has 0 unspecified atom stereocenters. The van der Waals surface area contributed by atoms with Crippen molar-refractivity contribution in [2.24, 2.45) is 5.92 Å². The first-order valence-corrected chi connectivity index (χ1v) is 6.87. The normalized spacial score (nSPS) is 12.1. The minimum absolute atomic E-state index is 0.0648. The van der Waals surface area contributed by atoms with Crippen LogP contribution in [-0.2, 0) is 11.8 Å². The lowest BCUT2D eigenvalue weighted by Crippen LogP contribution is -2.11. The molecule has 0 aliphatic rings. The summed E-state index contributed by atoms with van der Waals surface area (Å²) in [5.41, 5.74) is 4.22. The average molecular weight is 254 g/mol. The third kappa shape index (κ3) is 2.81. The van der Waals surface area contributed by atoms with Crippen LogP contribution in [0.15, 0.2) is 18.2 Å². The van der Waals surface area contributed by atoms with E-state index < -0.39 is 0 Å². The van der Waals surface area contributed by atoms with Gasteiger partial charge >= 0.3 is 0 Å². The molecule has 2 nitrogen and oxygen atoms in total. The summed E-state index contributed by atoms with van der Waals surface area (Å²) in [5, 5.41) is 10.5. The summed E-state index contributed by atoms with van der Waals surface area (Å²) in [5.74, 6) is 0.612. The number of nitrogens with one attached hydrogen (secondary N) is 1. The van der Waals surface area contributed by atoms with Crippen molar-refractivity contribution >= 4 is 10.9 Å². The fourth-order valence-electron chi connectivity index (χ4n) is 2.37. The summed E-state index contributed by atoms with van der Waals surface area (Å²) in [6.45, 7) is 10.9. The number of benzene rings is 1. The molecule has 0 saturated heterocycles. The van der Waals surface area contributed by atoms with Gasteiger partial charge in [0, 0.05) is 11.1 Å². The number of hydrogen-bond donors (Lipinski definition) is 1. The molecule has 2 aromatic rings. The van der Waals surface area contributed by atoms with E-state index in [9.17, 15) is 5.26 Å². The Bertz CT molecular complexity index is 634. The third-order valence-electron chi connectivity index (χ3n) is 3.40. The lowest BCUT2D eigenvalue weighted by molar-refractivity contribution is 0.591. The molecule has 0 aliphatic heterocycles. The smallest absolute Gasteiger partial charge is 0.101 e. The van der Waals surface area contributed by atoms with Gasteiger partial charge in [-0.2, -0.15) is 5.26 Å². The fourth-order valence-corrected chi connectivity index (χ4v) is 2.37. The van der Waals surface area contributed by atoms with Gasteiger partial charge in [0.25, 0.3) is 0 Å². The minimum Gasteiger partial charge on any atom is -0.357 e. The van der Waals surface area contributed by atoms with E-state index in [1.54, 1.807) is 0 Å². The molecule has 0 amide bonds. The van der Waals surface area contributed by atoms with Crippen LogP contribution in [0.25, 0.3) is 10.9 Å². The van der Waals surface area contributed by atoms with Crippen molar-refractivity contribution in [2.45, 2.75) is 46.5 Å². The van der Waals surface area contributed by atoms with Gasteiger partial charge in [-0.1, -0.05) is 34.6 Å². The van der Waals surface area contributed by atoms with Gasteiger partial charge in [-0.05, 0) is 41.5 Å². The van der Waals surface area contributed by atoms with E-state index in [1.165, 1.54) is 11.3 Å². The van der Waals surface area contributed by atoms with Crippen LogP contribution in [0.3, 0.4) is 0 Å². The topological polar surface area (TPSA) is 39.6 Å². The molecule has 0 aliphatic carbocycles. The summed E-state index contributed by atoms with van der Waals surface area (Å²) in [6.07, 6.45) is 1.02. The highest BCUT2D eigenvalue weighted by atomic mass is 14.7. The minimum atomic E-state index is 0.0648. The van der Waals surface area contributed by atoms with E-state index in [4.69, 9.17) is 0 Å². The molecule has 1 aromatic heterocycles. The Balaban J connectivity index is 2.61. The molecule has 100 valence electrons. The second-order valence-electron chi connectivity index (χ2n) is 6.74. The predicted octanol–water partition coefficient (Wildman–Crippen LogP) is 4.54. The van der Waals surface area contributed by atoms with Gasteiger partial charge in [0.15, 0.2) is 0 Å². The third-order valence-corrected chi connectivity index (χ3v) is 3.40. The second kappa shape index (κ2) is 4.74. The van der Waals surface area contributed by atoms with E-state index in [1.807, 2.05) is 6.07 Å². The highest BCUT2D eigenvalue weighted by Crippen LogP contribution is 2.29. The predicted molar refractivity (Wildman–Crippen MR) is 80.3 cm³/mol. The Kier molecular flexibility index (Phi) is 3.41. The van der Waals surface area contributed by atoms with Gasteiger partial charge in [0.05, 0.1) is 11.1 Å². The van der Waals surface area contributed by atoms with E-state index in [0.29, 0.717) is 5.92 Å². The number of H-pyrrole nitrogens is 1. The summed E-state index contributed by atoms with van der Waals surface area (Å²) >= 11 is 0. The molecule has 1 heterocycles. The lowest BCUT2D eigenvalue weighted by atomic mass is 9.85. The number of rotatable bonds is 2. The molecule has 19 heavy (non-hydrogen) atoms. The van der Waals surface area contributed by atoms with Gasteiger partial charge in [-0.3, -0.25) is 0 Å². The Hall–Kier alpha value is -1.75. The van der Waals surface area contributed by atoms with Gasteiger partial charge in [0.1, 0.15) is 6.07 Å². The highest BCUT2D eigenvalue weighted by Gasteiger charge is 2.17. The number of fused-ring (bicyclic) bond motifs is 1. The van der Waals surface area contributed by atoms with Crippen molar-refractivity contribution in [2.75, 3.05) is 0 Å². The van der Waals surface area contributed by atoms with Crippen molar-refractivity contribution in [1.82, 2.24) is 4.98 Å². The quantitative estimate of drug-likeness (QED) is 0.840. The van der Waals surface area contributed by atoms with Gasteiger partial charge in [-0.15, -0.1) is 0 Å². The number of aromatic amines is 1. The first-order chi connectivity index (χ1) is 8.81. The fraction of sp³-hybridized carbons (Fsp3) is 0.471. The zero-order valence-corrected chi connectivity index (χ0v) is 12.5.